The van der Waals surface area contributed by atoms with Crippen LogP contribution in [-0.4, -0.2) is 35.1 Å². The first-order valence-corrected chi connectivity index (χ1v) is 7.37. The third-order valence-electron chi connectivity index (χ3n) is 4.07. The van der Waals surface area contributed by atoms with Crippen LogP contribution in [0.15, 0.2) is 24.3 Å². The van der Waals surface area contributed by atoms with Crippen LogP contribution in [0.2, 0.25) is 0 Å². The molecule has 0 bridgehead atoms. The Labute approximate surface area is 120 Å². The minimum atomic E-state index is -0.636. The van der Waals surface area contributed by atoms with Crippen LogP contribution in [0.1, 0.15) is 42.9 Å². The van der Waals surface area contributed by atoms with Gasteiger partial charge in [-0.15, -0.1) is 0 Å². The summed E-state index contributed by atoms with van der Waals surface area (Å²) in [5.74, 6) is -0.0743. The smallest absolute Gasteiger partial charge is 0.244 e. The molecule has 1 saturated heterocycles. The fourth-order valence-corrected chi connectivity index (χ4v) is 2.75. The number of benzene rings is 1. The number of amides is 1. The van der Waals surface area contributed by atoms with E-state index in [4.69, 9.17) is 5.73 Å². The lowest BCUT2D eigenvalue weighted by Gasteiger charge is -2.31. The van der Waals surface area contributed by atoms with E-state index in [1.807, 2.05) is 31.2 Å². The van der Waals surface area contributed by atoms with E-state index >= 15 is 0 Å². The Morgan fingerprint density at radius 2 is 2.05 bits per heavy atom. The van der Waals surface area contributed by atoms with Crippen LogP contribution in [0.3, 0.4) is 0 Å². The third kappa shape index (κ3) is 3.38. The number of aliphatic hydroxyl groups is 1. The van der Waals surface area contributed by atoms with E-state index in [1.165, 1.54) is 0 Å². The lowest BCUT2D eigenvalue weighted by atomic mass is 10.0. The van der Waals surface area contributed by atoms with Gasteiger partial charge in [0.2, 0.25) is 5.91 Å². The zero-order valence-electron chi connectivity index (χ0n) is 12.1. The summed E-state index contributed by atoms with van der Waals surface area (Å²) in [4.78, 5) is 14.4. The first-order chi connectivity index (χ1) is 9.63. The molecular weight excluding hydrogens is 252 g/mol. The Morgan fingerprint density at radius 3 is 2.70 bits per heavy atom. The Morgan fingerprint density at radius 1 is 1.35 bits per heavy atom. The maximum absolute atomic E-state index is 12.6. The summed E-state index contributed by atoms with van der Waals surface area (Å²) in [6.45, 7) is 2.73. The molecule has 0 spiro atoms. The van der Waals surface area contributed by atoms with Crippen molar-refractivity contribution in [2.45, 2.75) is 44.7 Å². The number of hydrogen-bond donors (Lipinski definition) is 2. The molecule has 1 aromatic carbocycles. The summed E-state index contributed by atoms with van der Waals surface area (Å²) in [6.07, 6.45) is 4.03. The van der Waals surface area contributed by atoms with Gasteiger partial charge in [0.05, 0.1) is 12.6 Å². The standard InChI is InChI=1S/C16H24N2O2/c1-12-6-8-13(9-7-12)15(17)16(20)18-10-4-2-3-5-14(18)11-19/h6-9,14-15,19H,2-5,10-11,17H2,1H3. The molecule has 2 unspecified atom stereocenters. The van der Waals surface area contributed by atoms with Gasteiger partial charge in [0.25, 0.3) is 0 Å². The number of nitrogens with zero attached hydrogens (tertiary/aromatic N) is 1. The molecule has 110 valence electrons. The lowest BCUT2D eigenvalue weighted by Crippen LogP contribution is -2.46. The molecule has 1 aliphatic rings. The second kappa shape index (κ2) is 6.86. The molecule has 1 aliphatic heterocycles. The van der Waals surface area contributed by atoms with Crippen molar-refractivity contribution in [3.05, 3.63) is 35.4 Å². The summed E-state index contributed by atoms with van der Waals surface area (Å²) in [7, 11) is 0. The molecule has 1 aromatic rings. The van der Waals surface area contributed by atoms with Crippen LogP contribution in [0.25, 0.3) is 0 Å². The van der Waals surface area contributed by atoms with Gasteiger partial charge >= 0.3 is 0 Å². The highest BCUT2D eigenvalue weighted by molar-refractivity contribution is 5.83. The van der Waals surface area contributed by atoms with Gasteiger partial charge in [-0.3, -0.25) is 4.79 Å². The van der Waals surface area contributed by atoms with Crippen LogP contribution >= 0.6 is 0 Å². The number of carbonyl (C=O) groups excluding carboxylic acids is 1. The molecule has 4 nitrogen and oxygen atoms in total. The molecule has 4 heteroatoms. The monoisotopic (exact) mass is 276 g/mol. The number of nitrogens with two attached hydrogens (primary N) is 1. The van der Waals surface area contributed by atoms with E-state index in [2.05, 4.69) is 0 Å². The van der Waals surface area contributed by atoms with Gasteiger partial charge in [-0.2, -0.15) is 0 Å². The van der Waals surface area contributed by atoms with E-state index in [-0.39, 0.29) is 18.6 Å². The molecule has 1 fully saturated rings. The number of aryl methyl sites for hydroxylation is 1. The number of aliphatic hydroxyl groups excluding tert-OH is 1. The second-order valence-corrected chi connectivity index (χ2v) is 5.61. The fourth-order valence-electron chi connectivity index (χ4n) is 2.75. The van der Waals surface area contributed by atoms with Gasteiger partial charge < -0.3 is 15.7 Å². The van der Waals surface area contributed by atoms with Gasteiger partial charge in [-0.25, -0.2) is 0 Å². The van der Waals surface area contributed by atoms with Crippen LogP contribution in [0, 0.1) is 6.92 Å². The maximum Gasteiger partial charge on any atom is 0.244 e. The largest absolute Gasteiger partial charge is 0.394 e. The molecule has 20 heavy (non-hydrogen) atoms. The molecule has 2 atom stereocenters. The maximum atomic E-state index is 12.6. The van der Waals surface area contributed by atoms with Gasteiger partial charge in [0.1, 0.15) is 6.04 Å². The summed E-state index contributed by atoms with van der Waals surface area (Å²) >= 11 is 0. The molecule has 0 aromatic heterocycles. The molecule has 1 amide bonds. The number of hydrogen-bond acceptors (Lipinski definition) is 3. The first kappa shape index (κ1) is 15.0. The minimum Gasteiger partial charge on any atom is -0.394 e. The average Bonchev–Trinajstić information content (AvgIpc) is 2.71. The van der Waals surface area contributed by atoms with Crippen molar-refractivity contribution < 1.29 is 9.90 Å². The Bertz CT molecular complexity index is 444. The number of rotatable bonds is 3. The van der Waals surface area contributed by atoms with Crippen molar-refractivity contribution in [2.75, 3.05) is 13.2 Å². The number of carbonyl (C=O) groups is 1. The van der Waals surface area contributed by atoms with Crippen molar-refractivity contribution in [3.8, 4) is 0 Å². The van der Waals surface area contributed by atoms with Crippen molar-refractivity contribution in [1.29, 1.82) is 0 Å². The molecule has 0 aliphatic carbocycles. The van der Waals surface area contributed by atoms with Crippen LogP contribution in [0.4, 0.5) is 0 Å². The molecule has 3 N–H and O–H groups in total. The van der Waals surface area contributed by atoms with E-state index in [0.29, 0.717) is 6.54 Å². The van der Waals surface area contributed by atoms with Crippen LogP contribution < -0.4 is 5.73 Å². The van der Waals surface area contributed by atoms with E-state index < -0.39 is 6.04 Å². The van der Waals surface area contributed by atoms with Crippen LogP contribution in [0.5, 0.6) is 0 Å². The highest BCUT2D eigenvalue weighted by Crippen LogP contribution is 2.21. The second-order valence-electron chi connectivity index (χ2n) is 5.61. The third-order valence-corrected chi connectivity index (χ3v) is 4.07. The summed E-state index contributed by atoms with van der Waals surface area (Å²) in [5, 5.41) is 9.49. The predicted octanol–water partition coefficient (Wildman–Crippen LogP) is 1.76. The highest BCUT2D eigenvalue weighted by Gasteiger charge is 2.29. The summed E-state index contributed by atoms with van der Waals surface area (Å²) in [6, 6.07) is 7.03. The molecule has 2 rings (SSSR count). The average molecular weight is 276 g/mol. The Hall–Kier alpha value is -1.39. The predicted molar refractivity (Wildman–Crippen MR) is 79.2 cm³/mol. The van der Waals surface area contributed by atoms with E-state index in [1.54, 1.807) is 4.90 Å². The van der Waals surface area contributed by atoms with Crippen molar-refractivity contribution >= 4 is 5.91 Å². The summed E-state index contributed by atoms with van der Waals surface area (Å²) in [5.41, 5.74) is 8.10. The van der Waals surface area contributed by atoms with Gasteiger partial charge in [0, 0.05) is 6.54 Å². The Balaban J connectivity index is 2.13. The van der Waals surface area contributed by atoms with E-state index in [9.17, 15) is 9.90 Å². The molecular formula is C16H24N2O2. The Kier molecular flexibility index (Phi) is 5.15. The first-order valence-electron chi connectivity index (χ1n) is 7.37. The quantitative estimate of drug-likeness (QED) is 0.884. The van der Waals surface area contributed by atoms with Crippen molar-refractivity contribution in [3.63, 3.8) is 0 Å². The van der Waals surface area contributed by atoms with Gasteiger partial charge in [-0.05, 0) is 25.3 Å². The summed E-state index contributed by atoms with van der Waals surface area (Å²) < 4.78 is 0. The topological polar surface area (TPSA) is 66.6 Å². The zero-order valence-corrected chi connectivity index (χ0v) is 12.1. The van der Waals surface area contributed by atoms with Crippen molar-refractivity contribution in [2.24, 2.45) is 5.73 Å². The zero-order chi connectivity index (χ0) is 14.5. The molecule has 0 saturated carbocycles. The number of likely N-dealkylation sites (tertiary alicyclic amines) is 1. The van der Waals surface area contributed by atoms with Gasteiger partial charge in [0.15, 0.2) is 0 Å². The lowest BCUT2D eigenvalue weighted by molar-refractivity contribution is -0.136. The molecule has 1 heterocycles. The fraction of sp³-hybridized carbons (Fsp3) is 0.562. The van der Waals surface area contributed by atoms with E-state index in [0.717, 1.165) is 36.8 Å². The van der Waals surface area contributed by atoms with Crippen molar-refractivity contribution in [1.82, 2.24) is 4.90 Å². The highest BCUT2D eigenvalue weighted by atomic mass is 16.3. The molecule has 0 radical (unpaired) electrons. The normalized spacial score (nSPS) is 21.4. The minimum absolute atomic E-state index is 0.0202. The SMILES string of the molecule is Cc1ccc(C(N)C(=O)N2CCCCCC2CO)cc1. The van der Waals surface area contributed by atoms with Crippen LogP contribution in [-0.2, 0) is 4.79 Å². The van der Waals surface area contributed by atoms with Gasteiger partial charge in [-0.1, -0.05) is 42.7 Å².